The van der Waals surface area contributed by atoms with Crippen LogP contribution in [0.4, 0.5) is 5.69 Å². The van der Waals surface area contributed by atoms with Crippen molar-refractivity contribution in [3.8, 4) is 0 Å². The molecule has 0 aromatic heterocycles. The topological polar surface area (TPSA) is 61.6 Å². The number of carbonyl (C=O) groups excluding carboxylic acids is 1. The summed E-state index contributed by atoms with van der Waals surface area (Å²) in [5.41, 5.74) is 5.08. The molecule has 0 aliphatic carbocycles. The number of hydrogen-bond donors (Lipinski definition) is 2. The molecule has 1 heterocycles. The number of benzene rings is 1. The third-order valence-electron chi connectivity index (χ3n) is 4.34. The number of hydrogen-bond acceptors (Lipinski definition) is 4. The first-order valence-electron chi connectivity index (χ1n) is 7.71. The SMILES string of the molecule is CCN(CC)C1CCN(C(=O)c2ccc(C)cc2NN)C1. The van der Waals surface area contributed by atoms with E-state index in [0.717, 1.165) is 38.2 Å². The van der Waals surface area contributed by atoms with Crippen LogP contribution in [0.5, 0.6) is 0 Å². The van der Waals surface area contributed by atoms with Crippen LogP contribution in [0.25, 0.3) is 0 Å². The van der Waals surface area contributed by atoms with Crippen molar-refractivity contribution in [1.29, 1.82) is 0 Å². The van der Waals surface area contributed by atoms with Crippen LogP contribution in [0.2, 0.25) is 0 Å². The molecule has 3 N–H and O–H groups in total. The summed E-state index contributed by atoms with van der Waals surface area (Å²) in [6.07, 6.45) is 1.05. The van der Waals surface area contributed by atoms with Gasteiger partial charge in [-0.2, -0.15) is 0 Å². The molecule has 0 saturated carbocycles. The molecule has 0 bridgehead atoms. The Labute approximate surface area is 127 Å². The van der Waals surface area contributed by atoms with Gasteiger partial charge in [0, 0.05) is 19.1 Å². The lowest BCUT2D eigenvalue weighted by molar-refractivity contribution is 0.0779. The summed E-state index contributed by atoms with van der Waals surface area (Å²) in [6.45, 7) is 10.0. The van der Waals surface area contributed by atoms with E-state index in [9.17, 15) is 4.79 Å². The summed E-state index contributed by atoms with van der Waals surface area (Å²) in [5.74, 6) is 5.61. The normalized spacial score (nSPS) is 18.3. The molecule has 1 aliphatic heterocycles. The van der Waals surface area contributed by atoms with Gasteiger partial charge in [0.1, 0.15) is 0 Å². The first-order valence-corrected chi connectivity index (χ1v) is 7.71. The Hall–Kier alpha value is -1.59. The van der Waals surface area contributed by atoms with Crippen LogP contribution in [0.3, 0.4) is 0 Å². The Kier molecular flexibility index (Phi) is 5.20. The lowest BCUT2D eigenvalue weighted by Crippen LogP contribution is -2.38. The number of rotatable bonds is 5. The van der Waals surface area contributed by atoms with E-state index in [4.69, 9.17) is 5.84 Å². The molecule has 116 valence electrons. The van der Waals surface area contributed by atoms with E-state index in [1.807, 2.05) is 30.0 Å². The van der Waals surface area contributed by atoms with Gasteiger partial charge in [0.05, 0.1) is 11.3 Å². The number of likely N-dealkylation sites (N-methyl/N-ethyl adjacent to an activating group) is 1. The molecule has 1 aliphatic rings. The predicted octanol–water partition coefficient (Wildman–Crippen LogP) is 1.84. The second-order valence-corrected chi connectivity index (χ2v) is 5.61. The third-order valence-corrected chi connectivity index (χ3v) is 4.34. The quantitative estimate of drug-likeness (QED) is 0.641. The van der Waals surface area contributed by atoms with Gasteiger partial charge < -0.3 is 10.3 Å². The largest absolute Gasteiger partial charge is 0.337 e. The van der Waals surface area contributed by atoms with Gasteiger partial charge in [-0.05, 0) is 44.1 Å². The van der Waals surface area contributed by atoms with E-state index in [-0.39, 0.29) is 5.91 Å². The van der Waals surface area contributed by atoms with Crippen LogP contribution in [0, 0.1) is 6.92 Å². The maximum Gasteiger partial charge on any atom is 0.256 e. The van der Waals surface area contributed by atoms with Gasteiger partial charge in [-0.15, -0.1) is 0 Å². The molecule has 0 radical (unpaired) electrons. The minimum Gasteiger partial charge on any atom is -0.337 e. The first kappa shape index (κ1) is 15.8. The molecule has 1 saturated heterocycles. The zero-order valence-electron chi connectivity index (χ0n) is 13.2. The Morgan fingerprint density at radius 1 is 1.43 bits per heavy atom. The first-order chi connectivity index (χ1) is 10.1. The van der Waals surface area contributed by atoms with Crippen LogP contribution in [0.15, 0.2) is 18.2 Å². The summed E-state index contributed by atoms with van der Waals surface area (Å²) in [7, 11) is 0. The van der Waals surface area contributed by atoms with E-state index in [1.54, 1.807) is 0 Å². The molecular weight excluding hydrogens is 264 g/mol. The second kappa shape index (κ2) is 6.91. The standard InChI is InChI=1S/C16H26N4O/c1-4-19(5-2)13-8-9-20(11-13)16(21)14-7-6-12(3)10-15(14)18-17/h6-7,10,13,18H,4-5,8-9,11,17H2,1-3H3. The number of likely N-dealkylation sites (tertiary alicyclic amines) is 1. The Bertz CT molecular complexity index is 499. The van der Waals surface area contributed by atoms with Crippen molar-refractivity contribution in [2.75, 3.05) is 31.6 Å². The highest BCUT2D eigenvalue weighted by Gasteiger charge is 2.30. The van der Waals surface area contributed by atoms with Crippen LogP contribution in [-0.4, -0.2) is 47.9 Å². The summed E-state index contributed by atoms with van der Waals surface area (Å²) in [5, 5.41) is 0. The molecule has 2 rings (SSSR count). The van der Waals surface area contributed by atoms with Crippen molar-refractivity contribution >= 4 is 11.6 Å². The summed E-state index contributed by atoms with van der Waals surface area (Å²) >= 11 is 0. The van der Waals surface area contributed by atoms with E-state index in [0.29, 0.717) is 17.3 Å². The molecular formula is C16H26N4O. The Balaban J connectivity index is 2.11. The van der Waals surface area contributed by atoms with Crippen LogP contribution >= 0.6 is 0 Å². The van der Waals surface area contributed by atoms with Crippen LogP contribution in [-0.2, 0) is 0 Å². The Morgan fingerprint density at radius 2 is 2.14 bits per heavy atom. The highest BCUT2D eigenvalue weighted by molar-refractivity contribution is 5.99. The fourth-order valence-corrected chi connectivity index (χ4v) is 3.10. The van der Waals surface area contributed by atoms with Gasteiger partial charge in [0.25, 0.3) is 5.91 Å². The number of nitrogens with one attached hydrogen (secondary N) is 1. The maximum atomic E-state index is 12.7. The predicted molar refractivity (Wildman–Crippen MR) is 86.2 cm³/mol. The van der Waals surface area contributed by atoms with Crippen molar-refractivity contribution in [2.24, 2.45) is 5.84 Å². The zero-order valence-corrected chi connectivity index (χ0v) is 13.2. The van der Waals surface area contributed by atoms with E-state index < -0.39 is 0 Å². The highest BCUT2D eigenvalue weighted by Crippen LogP contribution is 2.22. The maximum absolute atomic E-state index is 12.7. The molecule has 21 heavy (non-hydrogen) atoms. The molecule has 1 amide bonds. The second-order valence-electron chi connectivity index (χ2n) is 5.61. The number of anilines is 1. The average molecular weight is 290 g/mol. The number of carbonyl (C=O) groups is 1. The molecule has 1 aromatic rings. The van der Waals surface area contributed by atoms with Crippen molar-refractivity contribution < 1.29 is 4.79 Å². The lowest BCUT2D eigenvalue weighted by Gasteiger charge is -2.26. The average Bonchev–Trinajstić information content (AvgIpc) is 2.97. The van der Waals surface area contributed by atoms with E-state index in [2.05, 4.69) is 24.2 Å². The fourth-order valence-electron chi connectivity index (χ4n) is 3.10. The number of hydrazine groups is 1. The number of aryl methyl sites for hydroxylation is 1. The van der Waals surface area contributed by atoms with Crippen LogP contribution < -0.4 is 11.3 Å². The smallest absolute Gasteiger partial charge is 0.256 e. The Morgan fingerprint density at radius 3 is 2.76 bits per heavy atom. The van der Waals surface area contributed by atoms with Gasteiger partial charge >= 0.3 is 0 Å². The molecule has 1 atom stereocenters. The van der Waals surface area contributed by atoms with Gasteiger partial charge in [0.15, 0.2) is 0 Å². The number of nitrogens with two attached hydrogens (primary N) is 1. The van der Waals surface area contributed by atoms with Gasteiger partial charge in [-0.3, -0.25) is 15.5 Å². The summed E-state index contributed by atoms with van der Waals surface area (Å²) in [4.78, 5) is 17.1. The monoisotopic (exact) mass is 290 g/mol. The van der Waals surface area contributed by atoms with Crippen molar-refractivity contribution in [1.82, 2.24) is 9.80 Å². The van der Waals surface area contributed by atoms with Gasteiger partial charge in [-0.25, -0.2) is 0 Å². The molecule has 1 unspecified atom stereocenters. The number of amides is 1. The van der Waals surface area contributed by atoms with Gasteiger partial charge in [-0.1, -0.05) is 19.9 Å². The fraction of sp³-hybridized carbons (Fsp3) is 0.562. The highest BCUT2D eigenvalue weighted by atomic mass is 16.2. The van der Waals surface area contributed by atoms with Crippen molar-refractivity contribution in [3.63, 3.8) is 0 Å². The molecule has 1 aromatic carbocycles. The molecule has 5 heteroatoms. The van der Waals surface area contributed by atoms with Gasteiger partial charge in [0.2, 0.25) is 0 Å². The summed E-state index contributed by atoms with van der Waals surface area (Å²) < 4.78 is 0. The third kappa shape index (κ3) is 3.36. The molecule has 5 nitrogen and oxygen atoms in total. The lowest BCUT2D eigenvalue weighted by atomic mass is 10.1. The number of nitrogens with zero attached hydrogens (tertiary/aromatic N) is 2. The molecule has 1 fully saturated rings. The van der Waals surface area contributed by atoms with Crippen LogP contribution in [0.1, 0.15) is 36.2 Å². The van der Waals surface area contributed by atoms with Crippen molar-refractivity contribution in [3.05, 3.63) is 29.3 Å². The minimum absolute atomic E-state index is 0.0672. The van der Waals surface area contributed by atoms with E-state index >= 15 is 0 Å². The molecule has 0 spiro atoms. The summed E-state index contributed by atoms with van der Waals surface area (Å²) in [6, 6.07) is 6.19. The van der Waals surface area contributed by atoms with E-state index in [1.165, 1.54) is 0 Å². The van der Waals surface area contributed by atoms with Crippen molar-refractivity contribution in [2.45, 2.75) is 33.2 Å². The minimum atomic E-state index is 0.0672. The number of nitrogen functional groups attached to an aromatic ring is 1. The zero-order chi connectivity index (χ0) is 15.4.